The fourth-order valence-corrected chi connectivity index (χ4v) is 3.41. The van der Waals surface area contributed by atoms with Gasteiger partial charge in [0.1, 0.15) is 0 Å². The summed E-state index contributed by atoms with van der Waals surface area (Å²) in [6.07, 6.45) is 3.44. The molecule has 0 aliphatic heterocycles. The van der Waals surface area contributed by atoms with Crippen LogP contribution in [0.3, 0.4) is 0 Å². The summed E-state index contributed by atoms with van der Waals surface area (Å²) in [5.74, 6) is 0.540. The van der Waals surface area contributed by atoms with Gasteiger partial charge in [-0.2, -0.15) is 0 Å². The Balaban J connectivity index is 2.25. The predicted molar refractivity (Wildman–Crippen MR) is 66.9 cm³/mol. The molecular formula is C12H18ClNS. The molecule has 0 amide bonds. The highest BCUT2D eigenvalue weighted by Crippen LogP contribution is 2.47. The van der Waals surface area contributed by atoms with Gasteiger partial charge in [-0.3, -0.25) is 0 Å². The average Bonchev–Trinajstić information content (AvgIpc) is 2.56. The number of thiazole rings is 1. The third kappa shape index (κ3) is 2.36. The molecule has 3 heteroatoms. The fourth-order valence-electron chi connectivity index (χ4n) is 2.46. The third-order valence-corrected chi connectivity index (χ3v) is 4.72. The number of halogens is 1. The second-order valence-corrected chi connectivity index (χ2v) is 6.88. The number of aromatic nitrogens is 1. The first-order chi connectivity index (χ1) is 6.99. The smallest absolute Gasteiger partial charge is 0.0897 e. The van der Waals surface area contributed by atoms with Crippen molar-refractivity contribution in [3.05, 3.63) is 16.1 Å². The van der Waals surface area contributed by atoms with E-state index in [1.807, 2.05) is 0 Å². The van der Waals surface area contributed by atoms with Crippen LogP contribution in [-0.4, -0.2) is 10.4 Å². The Morgan fingerprint density at radius 2 is 2.27 bits per heavy atom. The minimum absolute atomic E-state index is 0.338. The van der Waals surface area contributed by atoms with E-state index in [2.05, 4.69) is 31.1 Å². The number of aryl methyl sites for hydroxylation is 1. The van der Waals surface area contributed by atoms with Crippen molar-refractivity contribution in [2.24, 2.45) is 5.41 Å². The molecule has 2 unspecified atom stereocenters. The van der Waals surface area contributed by atoms with Gasteiger partial charge in [0, 0.05) is 16.7 Å². The molecular weight excluding hydrogens is 226 g/mol. The summed E-state index contributed by atoms with van der Waals surface area (Å²) < 4.78 is 0. The van der Waals surface area contributed by atoms with E-state index in [-0.39, 0.29) is 0 Å². The summed E-state index contributed by atoms with van der Waals surface area (Å²) in [4.78, 5) is 4.62. The maximum Gasteiger partial charge on any atom is 0.0897 e. The van der Waals surface area contributed by atoms with Crippen LogP contribution < -0.4 is 0 Å². The van der Waals surface area contributed by atoms with Crippen LogP contribution in [0.25, 0.3) is 0 Å². The first-order valence-corrected chi connectivity index (χ1v) is 6.87. The largest absolute Gasteiger partial charge is 0.246 e. The molecule has 1 heterocycles. The SMILES string of the molecule is Cc1nc(C2CC(Cl)CCC2(C)C)cs1. The van der Waals surface area contributed by atoms with Crippen LogP contribution in [0.15, 0.2) is 5.38 Å². The van der Waals surface area contributed by atoms with Gasteiger partial charge >= 0.3 is 0 Å². The minimum Gasteiger partial charge on any atom is -0.246 e. The molecule has 0 N–H and O–H groups in total. The van der Waals surface area contributed by atoms with Gasteiger partial charge in [0.2, 0.25) is 0 Å². The summed E-state index contributed by atoms with van der Waals surface area (Å²) >= 11 is 8.02. The van der Waals surface area contributed by atoms with E-state index in [1.165, 1.54) is 12.1 Å². The zero-order chi connectivity index (χ0) is 11.1. The summed E-state index contributed by atoms with van der Waals surface area (Å²) in [6, 6.07) is 0. The Hall–Kier alpha value is -0.0800. The minimum atomic E-state index is 0.338. The van der Waals surface area contributed by atoms with E-state index in [0.29, 0.717) is 16.7 Å². The predicted octanol–water partition coefficient (Wildman–Crippen LogP) is 4.35. The van der Waals surface area contributed by atoms with Crippen molar-refractivity contribution in [3.8, 4) is 0 Å². The van der Waals surface area contributed by atoms with Crippen LogP contribution >= 0.6 is 22.9 Å². The van der Waals surface area contributed by atoms with Gasteiger partial charge in [-0.1, -0.05) is 13.8 Å². The van der Waals surface area contributed by atoms with Gasteiger partial charge in [-0.05, 0) is 31.6 Å². The third-order valence-electron chi connectivity index (χ3n) is 3.53. The molecule has 15 heavy (non-hydrogen) atoms. The Bertz CT molecular complexity index is 345. The number of rotatable bonds is 1. The average molecular weight is 244 g/mol. The topological polar surface area (TPSA) is 12.9 Å². The Kier molecular flexibility index (Phi) is 3.09. The molecule has 0 bridgehead atoms. The summed E-state index contributed by atoms with van der Waals surface area (Å²) in [6.45, 7) is 6.76. The second kappa shape index (κ2) is 4.06. The van der Waals surface area contributed by atoms with Crippen molar-refractivity contribution >= 4 is 22.9 Å². The molecule has 0 radical (unpaired) electrons. The highest BCUT2D eigenvalue weighted by molar-refractivity contribution is 7.09. The van der Waals surface area contributed by atoms with Crippen molar-refractivity contribution in [2.45, 2.75) is 51.3 Å². The van der Waals surface area contributed by atoms with Crippen molar-refractivity contribution in [1.82, 2.24) is 4.98 Å². The lowest BCUT2D eigenvalue weighted by Crippen LogP contribution is -2.30. The fraction of sp³-hybridized carbons (Fsp3) is 0.750. The van der Waals surface area contributed by atoms with Gasteiger partial charge in [0.25, 0.3) is 0 Å². The van der Waals surface area contributed by atoms with Crippen LogP contribution in [0.4, 0.5) is 0 Å². The first-order valence-electron chi connectivity index (χ1n) is 5.55. The molecule has 1 aliphatic carbocycles. The molecule has 2 rings (SSSR count). The molecule has 0 saturated heterocycles. The highest BCUT2D eigenvalue weighted by atomic mass is 35.5. The normalized spacial score (nSPS) is 30.4. The number of alkyl halides is 1. The standard InChI is InChI=1S/C12H18ClNS/c1-8-14-11(7-15-8)10-6-9(13)4-5-12(10,2)3/h7,9-10H,4-6H2,1-3H3. The lowest BCUT2D eigenvalue weighted by atomic mass is 9.67. The quantitative estimate of drug-likeness (QED) is 0.669. The van der Waals surface area contributed by atoms with Crippen LogP contribution in [0.2, 0.25) is 0 Å². The molecule has 1 nitrogen and oxygen atoms in total. The van der Waals surface area contributed by atoms with E-state index < -0.39 is 0 Å². The van der Waals surface area contributed by atoms with Gasteiger partial charge in [0.05, 0.1) is 10.7 Å². The summed E-state index contributed by atoms with van der Waals surface area (Å²) in [7, 11) is 0. The van der Waals surface area contributed by atoms with Gasteiger partial charge in [-0.25, -0.2) is 4.98 Å². The van der Waals surface area contributed by atoms with Gasteiger partial charge in [0.15, 0.2) is 0 Å². The van der Waals surface area contributed by atoms with Crippen LogP contribution in [-0.2, 0) is 0 Å². The number of hydrogen-bond acceptors (Lipinski definition) is 2. The van der Waals surface area contributed by atoms with Crippen LogP contribution in [0, 0.1) is 12.3 Å². The Morgan fingerprint density at radius 3 is 2.87 bits per heavy atom. The molecule has 84 valence electrons. The second-order valence-electron chi connectivity index (χ2n) is 5.20. The lowest BCUT2D eigenvalue weighted by molar-refractivity contribution is 0.199. The van der Waals surface area contributed by atoms with E-state index in [4.69, 9.17) is 11.6 Å². The van der Waals surface area contributed by atoms with E-state index >= 15 is 0 Å². The van der Waals surface area contributed by atoms with Crippen molar-refractivity contribution in [2.75, 3.05) is 0 Å². The van der Waals surface area contributed by atoms with E-state index in [9.17, 15) is 0 Å². The molecule has 1 aliphatic rings. The monoisotopic (exact) mass is 243 g/mol. The molecule has 0 aromatic carbocycles. The van der Waals surface area contributed by atoms with E-state index in [0.717, 1.165) is 17.8 Å². The van der Waals surface area contributed by atoms with E-state index in [1.54, 1.807) is 11.3 Å². The molecule has 1 fully saturated rings. The molecule has 1 aromatic rings. The zero-order valence-corrected chi connectivity index (χ0v) is 11.2. The van der Waals surface area contributed by atoms with Gasteiger partial charge in [-0.15, -0.1) is 22.9 Å². The lowest BCUT2D eigenvalue weighted by Gasteiger charge is -2.39. The maximum absolute atomic E-state index is 6.27. The van der Waals surface area contributed by atoms with Crippen molar-refractivity contribution < 1.29 is 0 Å². The highest BCUT2D eigenvalue weighted by Gasteiger charge is 2.37. The van der Waals surface area contributed by atoms with Crippen molar-refractivity contribution in [3.63, 3.8) is 0 Å². The first kappa shape index (κ1) is 11.4. The molecule has 1 saturated carbocycles. The molecule has 1 aromatic heterocycles. The van der Waals surface area contributed by atoms with Gasteiger partial charge < -0.3 is 0 Å². The summed E-state index contributed by atoms with van der Waals surface area (Å²) in [5.41, 5.74) is 1.61. The molecule has 2 atom stereocenters. The summed E-state index contributed by atoms with van der Waals surface area (Å²) in [5, 5.41) is 3.71. The number of nitrogens with zero attached hydrogens (tertiary/aromatic N) is 1. The number of hydrogen-bond donors (Lipinski definition) is 0. The van der Waals surface area contributed by atoms with Crippen LogP contribution in [0.1, 0.15) is 49.7 Å². The Labute approximate surface area is 101 Å². The van der Waals surface area contributed by atoms with Crippen molar-refractivity contribution in [1.29, 1.82) is 0 Å². The Morgan fingerprint density at radius 1 is 1.53 bits per heavy atom. The maximum atomic E-state index is 6.27. The van der Waals surface area contributed by atoms with Crippen LogP contribution in [0.5, 0.6) is 0 Å². The molecule has 0 spiro atoms. The zero-order valence-electron chi connectivity index (χ0n) is 9.59.